The molecule has 0 aliphatic carbocycles. The SMILES string of the molecule is Cc1cccc(C2=CCCO2)n1. The van der Waals surface area contributed by atoms with Crippen molar-refractivity contribution in [2.45, 2.75) is 13.3 Å². The molecule has 1 aromatic rings. The number of pyridine rings is 1. The zero-order valence-electron chi connectivity index (χ0n) is 7.08. The van der Waals surface area contributed by atoms with Crippen molar-refractivity contribution in [3.63, 3.8) is 0 Å². The summed E-state index contributed by atoms with van der Waals surface area (Å²) in [5.41, 5.74) is 1.98. The summed E-state index contributed by atoms with van der Waals surface area (Å²) in [7, 11) is 0. The predicted molar refractivity (Wildman–Crippen MR) is 47.5 cm³/mol. The van der Waals surface area contributed by atoms with E-state index in [9.17, 15) is 0 Å². The molecule has 0 radical (unpaired) electrons. The first kappa shape index (κ1) is 7.35. The van der Waals surface area contributed by atoms with Crippen LogP contribution in [0.15, 0.2) is 24.3 Å². The Labute approximate surface area is 71.9 Å². The minimum Gasteiger partial charge on any atom is -0.491 e. The average Bonchev–Trinajstić information content (AvgIpc) is 2.56. The standard InChI is InChI=1S/C10H11NO/c1-8-4-2-5-9(11-8)10-6-3-7-12-10/h2,4-6H,3,7H2,1H3. The first-order chi connectivity index (χ1) is 5.86. The van der Waals surface area contributed by atoms with Gasteiger partial charge in [0.1, 0.15) is 11.5 Å². The van der Waals surface area contributed by atoms with Gasteiger partial charge in [0.05, 0.1) is 6.61 Å². The van der Waals surface area contributed by atoms with E-state index >= 15 is 0 Å². The van der Waals surface area contributed by atoms with Crippen LogP contribution < -0.4 is 0 Å². The third-order valence-corrected chi connectivity index (χ3v) is 1.85. The van der Waals surface area contributed by atoms with Gasteiger partial charge in [-0.15, -0.1) is 0 Å². The Bertz CT molecular complexity index is 317. The Kier molecular flexibility index (Phi) is 1.82. The molecule has 0 saturated carbocycles. The molecule has 0 saturated heterocycles. The monoisotopic (exact) mass is 161 g/mol. The molecule has 0 fully saturated rings. The summed E-state index contributed by atoms with van der Waals surface area (Å²) in [6, 6.07) is 5.96. The highest BCUT2D eigenvalue weighted by Crippen LogP contribution is 2.19. The van der Waals surface area contributed by atoms with Gasteiger partial charge in [0.2, 0.25) is 0 Å². The Balaban J connectivity index is 2.33. The Morgan fingerprint density at radius 1 is 1.42 bits per heavy atom. The lowest BCUT2D eigenvalue weighted by molar-refractivity contribution is 0.306. The van der Waals surface area contributed by atoms with Gasteiger partial charge in [-0.1, -0.05) is 6.07 Å². The number of hydrogen-bond acceptors (Lipinski definition) is 2. The normalized spacial score (nSPS) is 15.6. The lowest BCUT2D eigenvalue weighted by Crippen LogP contribution is -1.91. The van der Waals surface area contributed by atoms with Gasteiger partial charge in [-0.3, -0.25) is 0 Å². The topological polar surface area (TPSA) is 22.1 Å². The van der Waals surface area contributed by atoms with E-state index in [1.807, 2.05) is 25.1 Å². The van der Waals surface area contributed by atoms with Crippen molar-refractivity contribution in [1.29, 1.82) is 0 Å². The number of aromatic nitrogens is 1. The van der Waals surface area contributed by atoms with Crippen LogP contribution >= 0.6 is 0 Å². The molecule has 1 aromatic heterocycles. The molecule has 2 heterocycles. The minimum atomic E-state index is 0.797. The highest BCUT2D eigenvalue weighted by molar-refractivity contribution is 5.57. The third-order valence-electron chi connectivity index (χ3n) is 1.85. The van der Waals surface area contributed by atoms with Crippen molar-refractivity contribution in [2.24, 2.45) is 0 Å². The predicted octanol–water partition coefficient (Wildman–Crippen LogP) is 2.15. The molecule has 62 valence electrons. The number of hydrogen-bond donors (Lipinski definition) is 0. The smallest absolute Gasteiger partial charge is 0.141 e. The maximum Gasteiger partial charge on any atom is 0.141 e. The van der Waals surface area contributed by atoms with Gasteiger partial charge >= 0.3 is 0 Å². The Morgan fingerprint density at radius 3 is 3.00 bits per heavy atom. The van der Waals surface area contributed by atoms with Crippen LogP contribution in [0.5, 0.6) is 0 Å². The molecule has 2 heteroatoms. The number of rotatable bonds is 1. The summed E-state index contributed by atoms with van der Waals surface area (Å²) in [4.78, 5) is 4.36. The summed E-state index contributed by atoms with van der Waals surface area (Å²) >= 11 is 0. The van der Waals surface area contributed by atoms with Crippen LogP contribution in [-0.4, -0.2) is 11.6 Å². The second kappa shape index (κ2) is 2.97. The maximum absolute atomic E-state index is 5.39. The fourth-order valence-electron chi connectivity index (χ4n) is 1.28. The summed E-state index contributed by atoms with van der Waals surface area (Å²) in [6.07, 6.45) is 3.09. The second-order valence-electron chi connectivity index (χ2n) is 2.87. The summed E-state index contributed by atoms with van der Waals surface area (Å²) in [6.45, 7) is 2.78. The first-order valence-electron chi connectivity index (χ1n) is 4.13. The van der Waals surface area contributed by atoms with E-state index in [0.717, 1.165) is 30.2 Å². The molecular formula is C10H11NO. The van der Waals surface area contributed by atoms with Gasteiger partial charge in [-0.2, -0.15) is 0 Å². The zero-order valence-corrected chi connectivity index (χ0v) is 7.08. The van der Waals surface area contributed by atoms with E-state index in [0.29, 0.717) is 0 Å². The van der Waals surface area contributed by atoms with Crippen molar-refractivity contribution < 1.29 is 4.74 Å². The number of ether oxygens (including phenoxy) is 1. The average molecular weight is 161 g/mol. The van der Waals surface area contributed by atoms with Crippen molar-refractivity contribution in [3.05, 3.63) is 35.7 Å². The molecule has 0 atom stereocenters. The molecule has 1 aliphatic rings. The lowest BCUT2D eigenvalue weighted by Gasteiger charge is -2.02. The minimum absolute atomic E-state index is 0.797. The third kappa shape index (κ3) is 1.33. The van der Waals surface area contributed by atoms with Crippen molar-refractivity contribution in [1.82, 2.24) is 4.98 Å². The second-order valence-corrected chi connectivity index (χ2v) is 2.87. The van der Waals surface area contributed by atoms with E-state index in [1.54, 1.807) is 0 Å². The highest BCUT2D eigenvalue weighted by atomic mass is 16.5. The molecule has 0 bridgehead atoms. The van der Waals surface area contributed by atoms with Gasteiger partial charge in [-0.05, 0) is 25.1 Å². The zero-order chi connectivity index (χ0) is 8.39. The van der Waals surface area contributed by atoms with E-state index in [-0.39, 0.29) is 0 Å². The Morgan fingerprint density at radius 2 is 2.33 bits per heavy atom. The molecule has 0 N–H and O–H groups in total. The van der Waals surface area contributed by atoms with Crippen LogP contribution in [0.1, 0.15) is 17.8 Å². The molecular weight excluding hydrogens is 150 g/mol. The van der Waals surface area contributed by atoms with Crippen LogP contribution in [0.25, 0.3) is 5.76 Å². The van der Waals surface area contributed by atoms with Crippen molar-refractivity contribution >= 4 is 5.76 Å². The highest BCUT2D eigenvalue weighted by Gasteiger charge is 2.08. The van der Waals surface area contributed by atoms with E-state index < -0.39 is 0 Å². The maximum atomic E-state index is 5.39. The van der Waals surface area contributed by atoms with Gasteiger partial charge < -0.3 is 4.74 Å². The van der Waals surface area contributed by atoms with Crippen molar-refractivity contribution in [2.75, 3.05) is 6.61 Å². The van der Waals surface area contributed by atoms with Crippen LogP contribution in [0.4, 0.5) is 0 Å². The molecule has 0 spiro atoms. The van der Waals surface area contributed by atoms with Gasteiger partial charge in [0, 0.05) is 12.1 Å². The van der Waals surface area contributed by atoms with Crippen LogP contribution in [0, 0.1) is 6.92 Å². The molecule has 2 rings (SSSR count). The molecule has 12 heavy (non-hydrogen) atoms. The largest absolute Gasteiger partial charge is 0.491 e. The Hall–Kier alpha value is -1.31. The van der Waals surface area contributed by atoms with E-state index in [4.69, 9.17) is 4.74 Å². The van der Waals surface area contributed by atoms with Crippen LogP contribution in [-0.2, 0) is 4.74 Å². The first-order valence-corrected chi connectivity index (χ1v) is 4.13. The quantitative estimate of drug-likeness (QED) is 0.629. The van der Waals surface area contributed by atoms with E-state index in [2.05, 4.69) is 11.1 Å². The fraction of sp³-hybridized carbons (Fsp3) is 0.300. The van der Waals surface area contributed by atoms with Gasteiger partial charge in [0.15, 0.2) is 0 Å². The van der Waals surface area contributed by atoms with E-state index in [1.165, 1.54) is 0 Å². The molecule has 0 aromatic carbocycles. The number of nitrogens with zero attached hydrogens (tertiary/aromatic N) is 1. The van der Waals surface area contributed by atoms with Crippen molar-refractivity contribution in [3.8, 4) is 0 Å². The fourth-order valence-corrected chi connectivity index (χ4v) is 1.28. The van der Waals surface area contributed by atoms with Gasteiger partial charge in [0.25, 0.3) is 0 Å². The van der Waals surface area contributed by atoms with Crippen LogP contribution in [0.3, 0.4) is 0 Å². The molecule has 2 nitrogen and oxygen atoms in total. The lowest BCUT2D eigenvalue weighted by atomic mass is 10.2. The number of aryl methyl sites for hydroxylation is 1. The summed E-state index contributed by atoms with van der Waals surface area (Å²) in [5, 5.41) is 0. The molecule has 0 unspecified atom stereocenters. The summed E-state index contributed by atoms with van der Waals surface area (Å²) < 4.78 is 5.39. The molecule has 0 amide bonds. The van der Waals surface area contributed by atoms with Crippen LogP contribution in [0.2, 0.25) is 0 Å². The van der Waals surface area contributed by atoms with Gasteiger partial charge in [-0.25, -0.2) is 4.98 Å². The summed E-state index contributed by atoms with van der Waals surface area (Å²) in [5.74, 6) is 0.929. The molecule has 1 aliphatic heterocycles.